The van der Waals surface area contributed by atoms with Crippen LogP contribution in [0.4, 0.5) is 5.69 Å². The van der Waals surface area contributed by atoms with E-state index in [9.17, 15) is 4.79 Å². The Morgan fingerprint density at radius 1 is 1.47 bits per heavy atom. The lowest BCUT2D eigenvalue weighted by molar-refractivity contribution is -0.121. The fourth-order valence-electron chi connectivity index (χ4n) is 1.45. The summed E-state index contributed by atoms with van der Waals surface area (Å²) < 4.78 is 6.74. The second kappa shape index (κ2) is 6.05. The molecule has 0 aliphatic heterocycles. The Morgan fingerprint density at radius 2 is 2.32 bits per heavy atom. The molecule has 7 heteroatoms. The Morgan fingerprint density at radius 3 is 3.00 bits per heavy atom. The van der Waals surface area contributed by atoms with Gasteiger partial charge in [-0.3, -0.25) is 4.79 Å². The molecule has 0 saturated heterocycles. The number of nitrogens with one attached hydrogen (secondary N) is 1. The van der Waals surface area contributed by atoms with Gasteiger partial charge in [-0.15, -0.1) is 5.10 Å². The Bertz CT molecular complexity index is 539. The van der Waals surface area contributed by atoms with Gasteiger partial charge >= 0.3 is 0 Å². The highest BCUT2D eigenvalue weighted by Gasteiger charge is 2.05. The smallest absolute Gasteiger partial charge is 0.250 e. The molecule has 0 atom stereocenters. The zero-order valence-corrected chi connectivity index (χ0v) is 10.8. The van der Waals surface area contributed by atoms with Gasteiger partial charge in [0.2, 0.25) is 5.91 Å². The number of carbonyl (C=O) groups excluding carboxylic acids is 1. The average Bonchev–Trinajstić information content (AvgIpc) is 2.90. The molecule has 0 bridgehead atoms. The van der Waals surface area contributed by atoms with E-state index in [-0.39, 0.29) is 18.6 Å². The van der Waals surface area contributed by atoms with Gasteiger partial charge in [0.25, 0.3) is 0 Å². The Hall–Kier alpha value is -2.28. The molecule has 2 rings (SSSR count). The zero-order valence-electron chi connectivity index (χ0n) is 10.8. The van der Waals surface area contributed by atoms with E-state index in [0.717, 1.165) is 5.69 Å². The van der Waals surface area contributed by atoms with Crippen LogP contribution in [0.25, 0.3) is 5.69 Å². The lowest BCUT2D eigenvalue weighted by atomic mass is 10.3. The number of carbonyl (C=O) groups is 1. The fourth-order valence-corrected chi connectivity index (χ4v) is 1.45. The summed E-state index contributed by atoms with van der Waals surface area (Å²) in [4.78, 5) is 11.6. The third-order valence-corrected chi connectivity index (χ3v) is 2.29. The highest BCUT2D eigenvalue weighted by molar-refractivity contribution is 5.91. The molecule has 0 spiro atoms. The molecular formula is C12H15N5O2. The quantitative estimate of drug-likeness (QED) is 0.869. The van der Waals surface area contributed by atoms with E-state index < -0.39 is 0 Å². The summed E-state index contributed by atoms with van der Waals surface area (Å²) in [5.41, 5.74) is 1.44. The molecule has 0 fully saturated rings. The summed E-state index contributed by atoms with van der Waals surface area (Å²) in [7, 11) is 0. The lowest BCUT2D eigenvalue weighted by Crippen LogP contribution is -2.20. The van der Waals surface area contributed by atoms with Crippen molar-refractivity contribution in [3.05, 3.63) is 30.6 Å². The number of hydrogen-bond donors (Lipinski definition) is 1. The van der Waals surface area contributed by atoms with Crippen LogP contribution in [0.5, 0.6) is 0 Å². The van der Waals surface area contributed by atoms with Gasteiger partial charge in [-0.1, -0.05) is 6.07 Å². The van der Waals surface area contributed by atoms with Crippen LogP contribution in [0.15, 0.2) is 30.6 Å². The monoisotopic (exact) mass is 261 g/mol. The summed E-state index contributed by atoms with van der Waals surface area (Å²) >= 11 is 0. The molecule has 0 unspecified atom stereocenters. The average molecular weight is 261 g/mol. The van der Waals surface area contributed by atoms with Gasteiger partial charge < -0.3 is 10.1 Å². The Balaban J connectivity index is 2.01. The van der Waals surface area contributed by atoms with Crippen LogP contribution >= 0.6 is 0 Å². The van der Waals surface area contributed by atoms with Crippen LogP contribution in [0.1, 0.15) is 13.8 Å². The number of hydrogen-bond acceptors (Lipinski definition) is 5. The standard InChI is InChI=1S/C12H15N5O2/c1-9(2)19-7-12(18)14-10-4-3-5-11(6-10)17-8-13-15-16-17/h3-6,8-9H,7H2,1-2H3,(H,14,18). The van der Waals surface area contributed by atoms with Crippen LogP contribution in [-0.2, 0) is 9.53 Å². The topological polar surface area (TPSA) is 81.9 Å². The first kappa shape index (κ1) is 13.2. The number of benzene rings is 1. The number of amides is 1. The molecule has 0 aliphatic rings. The predicted octanol–water partition coefficient (Wildman–Crippen LogP) is 1.03. The summed E-state index contributed by atoms with van der Waals surface area (Å²) in [5.74, 6) is -0.192. The normalized spacial score (nSPS) is 10.7. The van der Waals surface area contributed by atoms with Crippen LogP contribution in [-0.4, -0.2) is 38.8 Å². The number of aromatic nitrogens is 4. The van der Waals surface area contributed by atoms with Gasteiger partial charge in [0.1, 0.15) is 12.9 Å². The third-order valence-electron chi connectivity index (χ3n) is 2.29. The summed E-state index contributed by atoms with van der Waals surface area (Å²) in [6.07, 6.45) is 1.52. The molecular weight excluding hydrogens is 246 g/mol. The van der Waals surface area contributed by atoms with Gasteiger partial charge in [0.05, 0.1) is 11.8 Å². The van der Waals surface area contributed by atoms with Gasteiger partial charge in [0, 0.05) is 5.69 Å². The molecule has 1 amide bonds. The van der Waals surface area contributed by atoms with E-state index in [2.05, 4.69) is 20.8 Å². The van der Waals surface area contributed by atoms with Crippen molar-refractivity contribution in [2.45, 2.75) is 20.0 Å². The van der Waals surface area contributed by atoms with Crippen molar-refractivity contribution in [3.63, 3.8) is 0 Å². The molecule has 2 aromatic rings. The van der Waals surface area contributed by atoms with Gasteiger partial charge in [-0.25, -0.2) is 4.68 Å². The molecule has 0 saturated carbocycles. The highest BCUT2D eigenvalue weighted by Crippen LogP contribution is 2.13. The van der Waals surface area contributed by atoms with E-state index in [0.29, 0.717) is 5.69 Å². The summed E-state index contributed by atoms with van der Waals surface area (Å²) in [6.45, 7) is 3.80. The molecule has 0 aliphatic carbocycles. The largest absolute Gasteiger partial charge is 0.369 e. The Kier molecular flexibility index (Phi) is 4.19. The second-order valence-corrected chi connectivity index (χ2v) is 4.21. The van der Waals surface area contributed by atoms with Crippen molar-refractivity contribution in [1.29, 1.82) is 0 Å². The first-order valence-corrected chi connectivity index (χ1v) is 5.90. The van der Waals surface area contributed by atoms with Gasteiger partial charge in [0.15, 0.2) is 0 Å². The lowest BCUT2D eigenvalue weighted by Gasteiger charge is -2.09. The summed E-state index contributed by atoms with van der Waals surface area (Å²) in [5, 5.41) is 13.7. The van der Waals surface area contributed by atoms with Crippen molar-refractivity contribution in [3.8, 4) is 5.69 Å². The van der Waals surface area contributed by atoms with E-state index in [1.807, 2.05) is 26.0 Å². The maximum atomic E-state index is 11.6. The first-order valence-electron chi connectivity index (χ1n) is 5.90. The minimum absolute atomic E-state index is 0.0262. The minimum Gasteiger partial charge on any atom is -0.369 e. The van der Waals surface area contributed by atoms with Crippen LogP contribution < -0.4 is 5.32 Å². The number of ether oxygens (including phenoxy) is 1. The number of rotatable bonds is 5. The summed E-state index contributed by atoms with van der Waals surface area (Å²) in [6, 6.07) is 7.23. The second-order valence-electron chi connectivity index (χ2n) is 4.21. The fraction of sp³-hybridized carbons (Fsp3) is 0.333. The third kappa shape index (κ3) is 3.85. The van der Waals surface area contributed by atoms with Crippen molar-refractivity contribution < 1.29 is 9.53 Å². The van der Waals surface area contributed by atoms with Crippen molar-refractivity contribution >= 4 is 11.6 Å². The SMILES string of the molecule is CC(C)OCC(=O)Nc1cccc(-n2cnnn2)c1. The number of nitrogens with zero attached hydrogens (tertiary/aromatic N) is 4. The van der Waals surface area contributed by atoms with E-state index in [1.54, 1.807) is 12.1 Å². The molecule has 1 N–H and O–H groups in total. The predicted molar refractivity (Wildman–Crippen MR) is 68.9 cm³/mol. The van der Waals surface area contributed by atoms with Crippen molar-refractivity contribution in [2.24, 2.45) is 0 Å². The molecule has 19 heavy (non-hydrogen) atoms. The Labute approximate surface area is 110 Å². The van der Waals surface area contributed by atoms with Gasteiger partial charge in [-0.2, -0.15) is 0 Å². The number of tetrazole rings is 1. The van der Waals surface area contributed by atoms with Crippen LogP contribution in [0.3, 0.4) is 0 Å². The molecule has 7 nitrogen and oxygen atoms in total. The van der Waals surface area contributed by atoms with E-state index in [4.69, 9.17) is 4.74 Å². The van der Waals surface area contributed by atoms with Crippen molar-refractivity contribution in [2.75, 3.05) is 11.9 Å². The molecule has 100 valence electrons. The maximum absolute atomic E-state index is 11.6. The first-order chi connectivity index (χ1) is 9.15. The molecule has 0 radical (unpaired) electrons. The molecule has 1 heterocycles. The number of anilines is 1. The zero-order chi connectivity index (χ0) is 13.7. The van der Waals surface area contributed by atoms with E-state index in [1.165, 1.54) is 11.0 Å². The van der Waals surface area contributed by atoms with Crippen LogP contribution in [0, 0.1) is 0 Å². The highest BCUT2D eigenvalue weighted by atomic mass is 16.5. The maximum Gasteiger partial charge on any atom is 0.250 e. The molecule has 1 aromatic carbocycles. The van der Waals surface area contributed by atoms with E-state index >= 15 is 0 Å². The minimum atomic E-state index is -0.192. The molecule has 1 aromatic heterocycles. The van der Waals surface area contributed by atoms with Crippen LogP contribution in [0.2, 0.25) is 0 Å². The van der Waals surface area contributed by atoms with Gasteiger partial charge in [-0.05, 0) is 42.5 Å². The van der Waals surface area contributed by atoms with Crippen molar-refractivity contribution in [1.82, 2.24) is 20.2 Å².